The smallest absolute Gasteiger partial charge is 0.170 e. The van der Waals surface area contributed by atoms with Crippen LogP contribution < -0.4 is 4.74 Å². The first-order valence-electron chi connectivity index (χ1n) is 4.47. The third kappa shape index (κ3) is 1.61. The van der Waals surface area contributed by atoms with Crippen LogP contribution in [0, 0.1) is 0 Å². The van der Waals surface area contributed by atoms with Crippen LogP contribution in [0.5, 0.6) is 11.5 Å². The van der Waals surface area contributed by atoms with E-state index in [1.54, 1.807) is 0 Å². The summed E-state index contributed by atoms with van der Waals surface area (Å²) >= 11 is 1.86. The van der Waals surface area contributed by atoms with Gasteiger partial charge in [0.15, 0.2) is 11.5 Å². The molecule has 14 heavy (non-hydrogen) atoms. The van der Waals surface area contributed by atoms with Crippen molar-refractivity contribution >= 4 is 11.8 Å². The van der Waals surface area contributed by atoms with Gasteiger partial charge in [0.1, 0.15) is 0 Å². The average molecular weight is 200 g/mol. The molecule has 2 aromatic rings. The SMILES string of the molecule is c1ccc2c(c1)O2.c1ccc2c(c1)S2. The first kappa shape index (κ1) is 7.94. The van der Waals surface area contributed by atoms with Gasteiger partial charge in [-0.2, -0.15) is 0 Å². The molecule has 0 N–H and O–H groups in total. The molecule has 0 radical (unpaired) electrons. The van der Waals surface area contributed by atoms with E-state index in [1.165, 1.54) is 9.79 Å². The predicted octanol–water partition coefficient (Wildman–Crippen LogP) is 3.94. The molecule has 0 fully saturated rings. The molecule has 0 amide bonds. The lowest BCUT2D eigenvalue weighted by atomic mass is 10.4. The standard InChI is InChI=1S/C6H4O.C6H4S/c2*1-2-4-6-5(3-1)7-6/h2*1-4H. The van der Waals surface area contributed by atoms with Gasteiger partial charge in [0.25, 0.3) is 0 Å². The molecule has 68 valence electrons. The van der Waals surface area contributed by atoms with E-state index < -0.39 is 0 Å². The summed E-state index contributed by atoms with van der Waals surface area (Å²) in [6.45, 7) is 0. The van der Waals surface area contributed by atoms with Crippen molar-refractivity contribution in [1.29, 1.82) is 0 Å². The number of hydrogen-bond acceptors (Lipinski definition) is 2. The second kappa shape index (κ2) is 3.07. The summed E-state index contributed by atoms with van der Waals surface area (Å²) in [5, 5.41) is 0. The van der Waals surface area contributed by atoms with Crippen LogP contribution in [0.4, 0.5) is 0 Å². The lowest BCUT2D eigenvalue weighted by molar-refractivity contribution is 0.650. The zero-order valence-corrected chi connectivity index (χ0v) is 8.25. The summed E-state index contributed by atoms with van der Waals surface area (Å²) in [5.41, 5.74) is 0. The van der Waals surface area contributed by atoms with Gasteiger partial charge in [-0.25, -0.2) is 0 Å². The summed E-state index contributed by atoms with van der Waals surface area (Å²) in [5.74, 6) is 2.06. The summed E-state index contributed by atoms with van der Waals surface area (Å²) in [4.78, 5) is 2.89. The van der Waals surface area contributed by atoms with E-state index in [4.69, 9.17) is 4.74 Å². The Morgan fingerprint density at radius 3 is 1.64 bits per heavy atom. The van der Waals surface area contributed by atoms with Crippen LogP contribution in [-0.2, 0) is 0 Å². The number of para-hydroxylation sites is 2. The van der Waals surface area contributed by atoms with Gasteiger partial charge < -0.3 is 4.74 Å². The molecule has 0 bridgehead atoms. The molecular formula is C12H8OS. The first-order valence-corrected chi connectivity index (χ1v) is 5.29. The van der Waals surface area contributed by atoms with Gasteiger partial charge in [-0.05, 0) is 24.3 Å². The topological polar surface area (TPSA) is 12.5 Å². The third-order valence-electron chi connectivity index (χ3n) is 2.05. The van der Waals surface area contributed by atoms with E-state index in [2.05, 4.69) is 24.3 Å². The van der Waals surface area contributed by atoms with Crippen molar-refractivity contribution in [3.8, 4) is 11.5 Å². The van der Waals surface area contributed by atoms with Crippen LogP contribution in [0.2, 0.25) is 0 Å². The maximum Gasteiger partial charge on any atom is 0.170 e. The van der Waals surface area contributed by atoms with Crippen molar-refractivity contribution in [2.45, 2.75) is 9.79 Å². The summed E-state index contributed by atoms with van der Waals surface area (Å²) in [6.07, 6.45) is 0. The molecular weight excluding hydrogens is 192 g/mol. The number of fused-ring (bicyclic) bond motifs is 2. The minimum atomic E-state index is 1.03. The fourth-order valence-electron chi connectivity index (χ4n) is 1.22. The Bertz CT molecular complexity index is 392. The highest BCUT2D eigenvalue weighted by atomic mass is 32.2. The van der Waals surface area contributed by atoms with Crippen molar-refractivity contribution in [2.75, 3.05) is 0 Å². The predicted molar refractivity (Wildman–Crippen MR) is 57.1 cm³/mol. The minimum Gasteiger partial charge on any atom is -0.450 e. The van der Waals surface area contributed by atoms with E-state index in [0.717, 1.165) is 11.5 Å². The van der Waals surface area contributed by atoms with E-state index in [-0.39, 0.29) is 0 Å². The number of ether oxygens (including phenoxy) is 1. The highest BCUT2D eigenvalue weighted by Crippen LogP contribution is 2.47. The second-order valence-electron chi connectivity index (χ2n) is 3.10. The van der Waals surface area contributed by atoms with Gasteiger partial charge in [-0.1, -0.05) is 36.0 Å². The van der Waals surface area contributed by atoms with Crippen molar-refractivity contribution in [2.24, 2.45) is 0 Å². The van der Waals surface area contributed by atoms with E-state index in [1.807, 2.05) is 36.0 Å². The monoisotopic (exact) mass is 200 g/mol. The Morgan fingerprint density at radius 2 is 1.21 bits per heavy atom. The molecule has 2 heterocycles. The van der Waals surface area contributed by atoms with Crippen LogP contribution >= 0.6 is 11.8 Å². The van der Waals surface area contributed by atoms with Gasteiger partial charge in [0.05, 0.1) is 0 Å². The Morgan fingerprint density at radius 1 is 0.714 bits per heavy atom. The Kier molecular flexibility index (Phi) is 1.74. The summed E-state index contributed by atoms with van der Waals surface area (Å²) in [6, 6.07) is 16.3. The van der Waals surface area contributed by atoms with E-state index in [0.29, 0.717) is 0 Å². The normalized spacial score (nSPS) is 12.6. The van der Waals surface area contributed by atoms with Gasteiger partial charge in [0.2, 0.25) is 0 Å². The Labute approximate surface area is 86.7 Å². The van der Waals surface area contributed by atoms with Crippen molar-refractivity contribution in [3.05, 3.63) is 48.5 Å². The molecule has 0 aromatic heterocycles. The molecule has 0 unspecified atom stereocenters. The lowest BCUT2D eigenvalue weighted by Crippen LogP contribution is -1.46. The largest absolute Gasteiger partial charge is 0.450 e. The summed E-state index contributed by atoms with van der Waals surface area (Å²) < 4.78 is 4.94. The molecule has 2 aromatic carbocycles. The van der Waals surface area contributed by atoms with E-state index in [9.17, 15) is 0 Å². The number of benzene rings is 2. The van der Waals surface area contributed by atoms with Crippen LogP contribution in [-0.4, -0.2) is 0 Å². The molecule has 2 aliphatic heterocycles. The second-order valence-corrected chi connectivity index (χ2v) is 4.18. The summed E-state index contributed by atoms with van der Waals surface area (Å²) in [7, 11) is 0. The Hall–Kier alpha value is -1.41. The van der Waals surface area contributed by atoms with Crippen LogP contribution in [0.3, 0.4) is 0 Å². The molecule has 2 heteroatoms. The van der Waals surface area contributed by atoms with Gasteiger partial charge in [0, 0.05) is 9.79 Å². The van der Waals surface area contributed by atoms with Gasteiger partial charge in [-0.3, -0.25) is 0 Å². The van der Waals surface area contributed by atoms with Crippen molar-refractivity contribution in [3.63, 3.8) is 0 Å². The molecule has 0 saturated heterocycles. The fourth-order valence-corrected chi connectivity index (χ4v) is 1.84. The van der Waals surface area contributed by atoms with Gasteiger partial charge >= 0.3 is 0 Å². The maximum absolute atomic E-state index is 4.94. The third-order valence-corrected chi connectivity index (χ3v) is 3.00. The molecule has 0 aliphatic carbocycles. The zero-order chi connectivity index (χ0) is 9.38. The van der Waals surface area contributed by atoms with Crippen LogP contribution in [0.1, 0.15) is 0 Å². The molecule has 0 saturated carbocycles. The Balaban J connectivity index is 0.0000000914. The van der Waals surface area contributed by atoms with Crippen molar-refractivity contribution in [1.82, 2.24) is 0 Å². The maximum atomic E-state index is 4.94. The van der Waals surface area contributed by atoms with Crippen LogP contribution in [0.15, 0.2) is 58.3 Å². The van der Waals surface area contributed by atoms with Gasteiger partial charge in [-0.15, -0.1) is 0 Å². The van der Waals surface area contributed by atoms with Crippen molar-refractivity contribution < 1.29 is 4.74 Å². The van der Waals surface area contributed by atoms with E-state index >= 15 is 0 Å². The quantitative estimate of drug-likeness (QED) is 0.398. The molecule has 1 nitrogen and oxygen atoms in total. The highest BCUT2D eigenvalue weighted by molar-refractivity contribution is 8.04. The first-order chi connectivity index (χ1) is 6.93. The minimum absolute atomic E-state index is 1.03. The highest BCUT2D eigenvalue weighted by Gasteiger charge is 2.15. The molecule has 0 atom stereocenters. The average Bonchev–Trinajstić information content (AvgIpc) is 3.13. The number of hydrogen-bond donors (Lipinski definition) is 0. The fraction of sp³-hybridized carbons (Fsp3) is 0. The lowest BCUT2D eigenvalue weighted by Gasteiger charge is -1.66. The molecule has 4 rings (SSSR count). The number of rotatable bonds is 0. The zero-order valence-electron chi connectivity index (χ0n) is 7.44. The molecule has 0 spiro atoms. The van der Waals surface area contributed by atoms with Crippen LogP contribution in [0.25, 0.3) is 0 Å². The molecule has 2 aliphatic rings.